The first-order valence-corrected chi connectivity index (χ1v) is 5.16. The van der Waals surface area contributed by atoms with Crippen LogP contribution in [0.3, 0.4) is 0 Å². The average Bonchev–Trinajstić information content (AvgIpc) is 2.48. The molecule has 0 saturated carbocycles. The third-order valence-electron chi connectivity index (χ3n) is 2.33. The summed E-state index contributed by atoms with van der Waals surface area (Å²) in [6.07, 6.45) is 0.988. The number of hydrogen-bond donors (Lipinski definition) is 0. The van der Waals surface area contributed by atoms with Crippen LogP contribution in [0.25, 0.3) is 0 Å². The first-order chi connectivity index (χ1) is 7.06. The molecule has 0 N–H and O–H groups in total. The molecule has 0 aromatic heterocycles. The minimum absolute atomic E-state index is 0.0102. The molecule has 0 aromatic carbocycles. The van der Waals surface area contributed by atoms with E-state index in [1.807, 2.05) is 6.92 Å². The van der Waals surface area contributed by atoms with Crippen LogP contribution in [0.2, 0.25) is 0 Å². The molecule has 1 aliphatic heterocycles. The van der Waals surface area contributed by atoms with Gasteiger partial charge in [0.05, 0.1) is 6.61 Å². The van der Waals surface area contributed by atoms with E-state index in [4.69, 9.17) is 4.74 Å². The SMILES string of the molecule is C=C(C)CN1C(=O)CCC1C(=O)OCC. The van der Waals surface area contributed by atoms with Gasteiger partial charge in [0.2, 0.25) is 5.91 Å². The zero-order valence-corrected chi connectivity index (χ0v) is 9.28. The molecule has 1 aliphatic rings. The lowest BCUT2D eigenvalue weighted by atomic mass is 10.2. The van der Waals surface area contributed by atoms with Crippen molar-refractivity contribution in [1.29, 1.82) is 0 Å². The van der Waals surface area contributed by atoms with Gasteiger partial charge in [-0.2, -0.15) is 0 Å². The Hall–Kier alpha value is -1.32. The summed E-state index contributed by atoms with van der Waals surface area (Å²) in [4.78, 5) is 24.6. The van der Waals surface area contributed by atoms with Crippen LogP contribution in [0.4, 0.5) is 0 Å². The normalized spacial score (nSPS) is 20.5. The van der Waals surface area contributed by atoms with Gasteiger partial charge >= 0.3 is 5.97 Å². The number of nitrogens with zero attached hydrogens (tertiary/aromatic N) is 1. The van der Waals surface area contributed by atoms with Crippen LogP contribution >= 0.6 is 0 Å². The van der Waals surface area contributed by atoms with Crippen molar-refractivity contribution in [2.24, 2.45) is 0 Å². The first-order valence-electron chi connectivity index (χ1n) is 5.16. The fourth-order valence-corrected chi connectivity index (χ4v) is 1.71. The molecule has 84 valence electrons. The molecule has 1 fully saturated rings. The predicted molar refractivity (Wildman–Crippen MR) is 56.2 cm³/mol. The van der Waals surface area contributed by atoms with E-state index in [-0.39, 0.29) is 11.9 Å². The van der Waals surface area contributed by atoms with Gasteiger partial charge in [0.15, 0.2) is 0 Å². The second-order valence-electron chi connectivity index (χ2n) is 3.79. The van der Waals surface area contributed by atoms with Crippen LogP contribution < -0.4 is 0 Å². The summed E-state index contributed by atoms with van der Waals surface area (Å²) in [7, 11) is 0. The number of carbonyl (C=O) groups excluding carboxylic acids is 2. The number of carbonyl (C=O) groups is 2. The van der Waals surface area contributed by atoms with E-state index in [2.05, 4.69) is 6.58 Å². The molecule has 1 atom stereocenters. The van der Waals surface area contributed by atoms with E-state index in [9.17, 15) is 9.59 Å². The topological polar surface area (TPSA) is 46.6 Å². The number of esters is 1. The molecule has 4 heteroatoms. The van der Waals surface area contributed by atoms with Gasteiger partial charge in [-0.25, -0.2) is 4.79 Å². The lowest BCUT2D eigenvalue weighted by molar-refractivity contribution is -0.151. The molecule has 1 unspecified atom stereocenters. The molecular weight excluding hydrogens is 194 g/mol. The van der Waals surface area contributed by atoms with Crippen LogP contribution in [-0.2, 0) is 14.3 Å². The first kappa shape index (κ1) is 11.8. The predicted octanol–water partition coefficient (Wildman–Crippen LogP) is 1.12. The average molecular weight is 211 g/mol. The van der Waals surface area contributed by atoms with Crippen molar-refractivity contribution >= 4 is 11.9 Å². The lowest BCUT2D eigenvalue weighted by Gasteiger charge is -2.23. The number of ether oxygens (including phenoxy) is 1. The minimum Gasteiger partial charge on any atom is -0.464 e. The molecule has 0 spiro atoms. The number of hydrogen-bond acceptors (Lipinski definition) is 3. The maximum Gasteiger partial charge on any atom is 0.328 e. The van der Waals surface area contributed by atoms with Crippen molar-refractivity contribution in [3.8, 4) is 0 Å². The largest absolute Gasteiger partial charge is 0.464 e. The van der Waals surface area contributed by atoms with Gasteiger partial charge in [0.1, 0.15) is 6.04 Å². The van der Waals surface area contributed by atoms with E-state index in [1.165, 1.54) is 0 Å². The van der Waals surface area contributed by atoms with Crippen LogP contribution in [0.5, 0.6) is 0 Å². The molecule has 15 heavy (non-hydrogen) atoms. The monoisotopic (exact) mass is 211 g/mol. The van der Waals surface area contributed by atoms with E-state index in [0.717, 1.165) is 5.57 Å². The van der Waals surface area contributed by atoms with Gasteiger partial charge in [-0.3, -0.25) is 4.79 Å². The Bertz CT molecular complexity index is 286. The fraction of sp³-hybridized carbons (Fsp3) is 0.636. The Morgan fingerprint density at radius 1 is 1.67 bits per heavy atom. The van der Waals surface area contributed by atoms with Gasteiger partial charge in [-0.1, -0.05) is 12.2 Å². The highest BCUT2D eigenvalue weighted by molar-refractivity contribution is 5.88. The Labute approximate surface area is 89.9 Å². The van der Waals surface area contributed by atoms with Crippen LogP contribution in [0.15, 0.2) is 12.2 Å². The van der Waals surface area contributed by atoms with Crippen molar-refractivity contribution in [3.63, 3.8) is 0 Å². The van der Waals surface area contributed by atoms with Crippen LogP contribution in [0, 0.1) is 0 Å². The fourth-order valence-electron chi connectivity index (χ4n) is 1.71. The van der Waals surface area contributed by atoms with Crippen LogP contribution in [0.1, 0.15) is 26.7 Å². The minimum atomic E-state index is -0.408. The Kier molecular flexibility index (Phi) is 3.88. The molecule has 0 aromatic rings. The molecule has 0 aliphatic carbocycles. The molecule has 0 radical (unpaired) electrons. The van der Waals surface area contributed by atoms with E-state index < -0.39 is 6.04 Å². The molecule has 4 nitrogen and oxygen atoms in total. The van der Waals surface area contributed by atoms with Gasteiger partial charge < -0.3 is 9.64 Å². The molecular formula is C11H17NO3. The zero-order valence-electron chi connectivity index (χ0n) is 9.28. The summed E-state index contributed by atoms with van der Waals surface area (Å²) < 4.78 is 4.92. The van der Waals surface area contributed by atoms with Crippen molar-refractivity contribution in [3.05, 3.63) is 12.2 Å². The third kappa shape index (κ3) is 2.81. The van der Waals surface area contributed by atoms with Crippen molar-refractivity contribution in [2.45, 2.75) is 32.7 Å². The van der Waals surface area contributed by atoms with Gasteiger partial charge in [0, 0.05) is 13.0 Å². The van der Waals surface area contributed by atoms with E-state index in [0.29, 0.717) is 26.0 Å². The second kappa shape index (κ2) is 4.96. The summed E-state index contributed by atoms with van der Waals surface area (Å²) in [5.41, 5.74) is 0.875. The standard InChI is InChI=1S/C11H17NO3/c1-4-15-11(14)9-5-6-10(13)12(9)7-8(2)3/h9H,2,4-7H2,1,3H3. The lowest BCUT2D eigenvalue weighted by Crippen LogP contribution is -2.40. The molecule has 1 saturated heterocycles. The van der Waals surface area contributed by atoms with Gasteiger partial charge in [0.25, 0.3) is 0 Å². The third-order valence-corrected chi connectivity index (χ3v) is 2.33. The highest BCUT2D eigenvalue weighted by atomic mass is 16.5. The number of rotatable bonds is 4. The molecule has 1 amide bonds. The quantitative estimate of drug-likeness (QED) is 0.517. The smallest absolute Gasteiger partial charge is 0.328 e. The summed E-state index contributed by atoms with van der Waals surface area (Å²) in [6.45, 7) is 8.15. The highest BCUT2D eigenvalue weighted by Crippen LogP contribution is 2.20. The molecule has 1 heterocycles. The maximum atomic E-state index is 11.5. The summed E-state index contributed by atoms with van der Waals surface area (Å²) in [6, 6.07) is -0.408. The Morgan fingerprint density at radius 2 is 2.33 bits per heavy atom. The number of likely N-dealkylation sites (tertiary alicyclic amines) is 1. The highest BCUT2D eigenvalue weighted by Gasteiger charge is 2.36. The summed E-state index contributed by atoms with van der Waals surface area (Å²) in [5.74, 6) is -0.291. The van der Waals surface area contributed by atoms with E-state index in [1.54, 1.807) is 11.8 Å². The zero-order chi connectivity index (χ0) is 11.4. The molecule has 0 bridgehead atoms. The van der Waals surface area contributed by atoms with Crippen molar-refractivity contribution in [2.75, 3.05) is 13.2 Å². The Morgan fingerprint density at radius 3 is 2.87 bits per heavy atom. The Balaban J connectivity index is 2.67. The summed E-state index contributed by atoms with van der Waals surface area (Å²) >= 11 is 0. The van der Waals surface area contributed by atoms with Crippen molar-refractivity contribution < 1.29 is 14.3 Å². The molecule has 1 rings (SSSR count). The van der Waals surface area contributed by atoms with Crippen LogP contribution in [-0.4, -0.2) is 36.0 Å². The number of amides is 1. The van der Waals surface area contributed by atoms with Crippen molar-refractivity contribution in [1.82, 2.24) is 4.90 Å². The second-order valence-corrected chi connectivity index (χ2v) is 3.79. The maximum absolute atomic E-state index is 11.5. The summed E-state index contributed by atoms with van der Waals surface area (Å²) in [5, 5.41) is 0. The van der Waals surface area contributed by atoms with Gasteiger partial charge in [-0.15, -0.1) is 0 Å². The van der Waals surface area contributed by atoms with E-state index >= 15 is 0 Å². The van der Waals surface area contributed by atoms with Gasteiger partial charge in [-0.05, 0) is 20.3 Å².